The molecular weight excluding hydrogens is 417 g/mol. The van der Waals surface area contributed by atoms with E-state index in [1.807, 2.05) is 39.0 Å². The molecule has 3 rings (SSSR count). The number of benzene rings is 2. The molecule has 2 amide bonds. The summed E-state index contributed by atoms with van der Waals surface area (Å²) in [7, 11) is 0. The van der Waals surface area contributed by atoms with E-state index < -0.39 is 11.7 Å². The standard InChI is InChI=1S/C22H24FN5O2S/c1-4-28-19(12-20(29)25-18-8-6-5-7-17(18)23)26-27-22(28)31-13-21(30)24-16-10-14(2)9-15(3)11-16/h5-11H,4,12-13H2,1-3H3,(H,24,30)(H,25,29). The van der Waals surface area contributed by atoms with E-state index in [0.29, 0.717) is 17.5 Å². The Morgan fingerprint density at radius 3 is 2.42 bits per heavy atom. The summed E-state index contributed by atoms with van der Waals surface area (Å²) in [5, 5.41) is 14.2. The van der Waals surface area contributed by atoms with Gasteiger partial charge < -0.3 is 15.2 Å². The first-order valence-corrected chi connectivity index (χ1v) is 10.8. The third kappa shape index (κ3) is 6.14. The minimum atomic E-state index is -0.501. The maximum atomic E-state index is 13.7. The first-order chi connectivity index (χ1) is 14.9. The Hall–Kier alpha value is -3.20. The summed E-state index contributed by atoms with van der Waals surface area (Å²) >= 11 is 1.25. The van der Waals surface area contributed by atoms with Crippen LogP contribution in [-0.2, 0) is 22.6 Å². The van der Waals surface area contributed by atoms with Crippen molar-refractivity contribution in [1.82, 2.24) is 14.8 Å². The van der Waals surface area contributed by atoms with Gasteiger partial charge in [0.15, 0.2) is 5.16 Å². The van der Waals surface area contributed by atoms with Crippen molar-refractivity contribution in [2.45, 2.75) is 38.9 Å². The highest BCUT2D eigenvalue weighted by Crippen LogP contribution is 2.20. The molecular formula is C22H24FN5O2S. The molecule has 0 saturated carbocycles. The molecule has 0 spiro atoms. The second-order valence-corrected chi connectivity index (χ2v) is 8.00. The highest BCUT2D eigenvalue weighted by atomic mass is 32.2. The number of rotatable bonds is 8. The number of hydrogen-bond donors (Lipinski definition) is 2. The van der Waals surface area contributed by atoms with Crippen LogP contribution in [0.25, 0.3) is 0 Å². The SMILES string of the molecule is CCn1c(CC(=O)Nc2ccccc2F)nnc1SCC(=O)Nc1cc(C)cc(C)c1. The van der Waals surface area contributed by atoms with Gasteiger partial charge in [0.2, 0.25) is 11.8 Å². The van der Waals surface area contributed by atoms with Crippen LogP contribution in [0.4, 0.5) is 15.8 Å². The van der Waals surface area contributed by atoms with Crippen LogP contribution in [-0.4, -0.2) is 32.3 Å². The van der Waals surface area contributed by atoms with Gasteiger partial charge in [-0.2, -0.15) is 0 Å². The monoisotopic (exact) mass is 441 g/mol. The summed E-state index contributed by atoms with van der Waals surface area (Å²) in [6.07, 6.45) is -0.0511. The molecule has 1 heterocycles. The van der Waals surface area contributed by atoms with Gasteiger partial charge in [-0.1, -0.05) is 30.0 Å². The molecule has 0 bridgehead atoms. The second-order valence-electron chi connectivity index (χ2n) is 7.06. The third-order valence-corrected chi connectivity index (χ3v) is 5.38. The number of para-hydroxylation sites is 1. The molecule has 2 aromatic carbocycles. The third-order valence-electron chi connectivity index (χ3n) is 4.41. The molecule has 3 aromatic rings. The summed E-state index contributed by atoms with van der Waals surface area (Å²) in [6.45, 7) is 6.40. The molecule has 2 N–H and O–H groups in total. The molecule has 0 aliphatic rings. The van der Waals surface area contributed by atoms with E-state index in [9.17, 15) is 14.0 Å². The number of aromatic nitrogens is 3. The van der Waals surface area contributed by atoms with Gasteiger partial charge in [-0.05, 0) is 56.2 Å². The van der Waals surface area contributed by atoms with Crippen LogP contribution in [0.1, 0.15) is 23.9 Å². The normalized spacial score (nSPS) is 10.7. The predicted octanol–water partition coefficient (Wildman–Crippen LogP) is 3.97. The Balaban J connectivity index is 1.59. The van der Waals surface area contributed by atoms with E-state index in [2.05, 4.69) is 20.8 Å². The van der Waals surface area contributed by atoms with Gasteiger partial charge >= 0.3 is 0 Å². The van der Waals surface area contributed by atoms with Crippen LogP contribution in [0.15, 0.2) is 47.6 Å². The van der Waals surface area contributed by atoms with Gasteiger partial charge in [0.05, 0.1) is 17.9 Å². The van der Waals surface area contributed by atoms with Gasteiger partial charge in [-0.25, -0.2) is 4.39 Å². The van der Waals surface area contributed by atoms with Crippen LogP contribution in [0, 0.1) is 19.7 Å². The van der Waals surface area contributed by atoms with E-state index in [1.165, 1.54) is 23.9 Å². The van der Waals surface area contributed by atoms with Gasteiger partial charge in [0.25, 0.3) is 0 Å². The van der Waals surface area contributed by atoms with Gasteiger partial charge in [0.1, 0.15) is 11.6 Å². The van der Waals surface area contributed by atoms with E-state index >= 15 is 0 Å². The van der Waals surface area contributed by atoms with Crippen molar-refractivity contribution in [2.75, 3.05) is 16.4 Å². The van der Waals surface area contributed by atoms with Crippen molar-refractivity contribution in [3.05, 3.63) is 65.2 Å². The van der Waals surface area contributed by atoms with Crippen LogP contribution >= 0.6 is 11.8 Å². The highest BCUT2D eigenvalue weighted by molar-refractivity contribution is 7.99. The van der Waals surface area contributed by atoms with Crippen molar-refractivity contribution >= 4 is 35.0 Å². The smallest absolute Gasteiger partial charge is 0.234 e. The largest absolute Gasteiger partial charge is 0.325 e. The average molecular weight is 442 g/mol. The lowest BCUT2D eigenvalue weighted by molar-refractivity contribution is -0.116. The number of nitrogens with zero attached hydrogens (tertiary/aromatic N) is 3. The fraction of sp³-hybridized carbons (Fsp3) is 0.273. The zero-order valence-electron chi connectivity index (χ0n) is 17.6. The molecule has 1 aromatic heterocycles. The van der Waals surface area contributed by atoms with Crippen molar-refractivity contribution in [3.63, 3.8) is 0 Å². The topological polar surface area (TPSA) is 88.9 Å². The molecule has 0 atom stereocenters. The quantitative estimate of drug-likeness (QED) is 0.517. The fourth-order valence-electron chi connectivity index (χ4n) is 3.15. The van der Waals surface area contributed by atoms with E-state index in [4.69, 9.17) is 0 Å². The summed E-state index contributed by atoms with van der Waals surface area (Å²) < 4.78 is 15.5. The minimum absolute atomic E-state index is 0.0511. The van der Waals surface area contributed by atoms with Gasteiger partial charge in [-0.3, -0.25) is 9.59 Å². The predicted molar refractivity (Wildman–Crippen MR) is 120 cm³/mol. The Morgan fingerprint density at radius 2 is 1.74 bits per heavy atom. The molecule has 0 saturated heterocycles. The zero-order valence-corrected chi connectivity index (χ0v) is 18.4. The van der Waals surface area contributed by atoms with Crippen molar-refractivity contribution in [2.24, 2.45) is 0 Å². The van der Waals surface area contributed by atoms with E-state index in [-0.39, 0.29) is 23.8 Å². The molecule has 162 valence electrons. The minimum Gasteiger partial charge on any atom is -0.325 e. The van der Waals surface area contributed by atoms with Crippen LogP contribution < -0.4 is 10.6 Å². The number of carbonyl (C=O) groups excluding carboxylic acids is 2. The van der Waals surface area contributed by atoms with Crippen molar-refractivity contribution < 1.29 is 14.0 Å². The highest BCUT2D eigenvalue weighted by Gasteiger charge is 2.17. The summed E-state index contributed by atoms with van der Waals surface area (Å²) in [5.41, 5.74) is 3.03. The number of amides is 2. The van der Waals surface area contributed by atoms with Gasteiger partial charge in [-0.15, -0.1) is 10.2 Å². The molecule has 0 unspecified atom stereocenters. The molecule has 7 nitrogen and oxygen atoms in total. The number of hydrogen-bond acceptors (Lipinski definition) is 5. The maximum Gasteiger partial charge on any atom is 0.234 e. The van der Waals surface area contributed by atoms with Crippen LogP contribution in [0.2, 0.25) is 0 Å². The zero-order chi connectivity index (χ0) is 22.4. The molecule has 0 aliphatic carbocycles. The number of aryl methyl sites for hydroxylation is 2. The summed E-state index contributed by atoms with van der Waals surface area (Å²) in [6, 6.07) is 11.8. The second kappa shape index (κ2) is 10.2. The molecule has 0 aliphatic heterocycles. The number of nitrogens with one attached hydrogen (secondary N) is 2. The van der Waals surface area contributed by atoms with Gasteiger partial charge in [0, 0.05) is 12.2 Å². The first-order valence-electron chi connectivity index (χ1n) is 9.83. The van der Waals surface area contributed by atoms with Crippen molar-refractivity contribution in [1.29, 1.82) is 0 Å². The fourth-order valence-corrected chi connectivity index (χ4v) is 3.97. The Bertz CT molecular complexity index is 1080. The lowest BCUT2D eigenvalue weighted by atomic mass is 10.1. The maximum absolute atomic E-state index is 13.7. The molecule has 9 heteroatoms. The molecule has 0 radical (unpaired) electrons. The first kappa shape index (κ1) is 22.5. The number of carbonyl (C=O) groups is 2. The van der Waals surface area contributed by atoms with Crippen LogP contribution in [0.3, 0.4) is 0 Å². The van der Waals surface area contributed by atoms with Crippen LogP contribution in [0.5, 0.6) is 0 Å². The molecule has 31 heavy (non-hydrogen) atoms. The van der Waals surface area contributed by atoms with E-state index in [1.54, 1.807) is 16.7 Å². The Morgan fingerprint density at radius 1 is 1.03 bits per heavy atom. The lowest BCUT2D eigenvalue weighted by Crippen LogP contribution is -2.18. The number of thioether (sulfide) groups is 1. The van der Waals surface area contributed by atoms with E-state index in [0.717, 1.165) is 16.8 Å². The molecule has 0 fully saturated rings. The number of anilines is 2. The van der Waals surface area contributed by atoms with Crippen molar-refractivity contribution in [3.8, 4) is 0 Å². The Kier molecular flexibility index (Phi) is 7.41. The lowest BCUT2D eigenvalue weighted by Gasteiger charge is -2.09. The average Bonchev–Trinajstić information content (AvgIpc) is 3.08. The summed E-state index contributed by atoms with van der Waals surface area (Å²) in [4.78, 5) is 24.6. The summed E-state index contributed by atoms with van der Waals surface area (Å²) in [5.74, 6) is -0.435. The number of halogens is 1. The Labute approximate surface area is 184 Å².